The molecular formula is C18H26N2O4. The molecule has 1 saturated carbocycles. The lowest BCUT2D eigenvalue weighted by Crippen LogP contribution is -2.42. The van der Waals surface area contributed by atoms with Crippen LogP contribution < -0.4 is 14.8 Å². The summed E-state index contributed by atoms with van der Waals surface area (Å²) in [6.07, 6.45) is 6.18. The second-order valence-electron chi connectivity index (χ2n) is 6.06. The van der Waals surface area contributed by atoms with Crippen LogP contribution in [0.3, 0.4) is 0 Å². The van der Waals surface area contributed by atoms with E-state index in [0.29, 0.717) is 17.4 Å². The fourth-order valence-corrected chi connectivity index (χ4v) is 2.91. The molecule has 1 N–H and O–H groups in total. The minimum Gasteiger partial charge on any atom is -0.493 e. The normalized spacial score (nSPS) is 20.6. The Morgan fingerprint density at radius 1 is 1.25 bits per heavy atom. The van der Waals surface area contributed by atoms with Gasteiger partial charge in [-0.1, -0.05) is 24.9 Å². The van der Waals surface area contributed by atoms with Gasteiger partial charge in [0.25, 0.3) is 5.91 Å². The fraction of sp³-hybridized carbons (Fsp3) is 0.556. The number of benzene rings is 1. The number of methoxy groups -OCH3 is 2. The smallest absolute Gasteiger partial charge is 0.261 e. The van der Waals surface area contributed by atoms with Crippen LogP contribution in [0.15, 0.2) is 23.4 Å². The first-order valence-electron chi connectivity index (χ1n) is 8.30. The average Bonchev–Trinajstić information content (AvgIpc) is 2.60. The van der Waals surface area contributed by atoms with E-state index in [2.05, 4.69) is 17.4 Å². The number of ether oxygens (including phenoxy) is 2. The van der Waals surface area contributed by atoms with Gasteiger partial charge in [0.05, 0.1) is 20.4 Å². The minimum atomic E-state index is -0.127. The molecule has 0 aliphatic heterocycles. The van der Waals surface area contributed by atoms with Crippen molar-refractivity contribution >= 4 is 12.1 Å². The molecule has 1 aliphatic carbocycles. The maximum atomic E-state index is 11.9. The van der Waals surface area contributed by atoms with Gasteiger partial charge in [0, 0.05) is 11.6 Å². The molecule has 0 heterocycles. The summed E-state index contributed by atoms with van der Waals surface area (Å²) in [5.74, 6) is 1.67. The zero-order valence-corrected chi connectivity index (χ0v) is 14.6. The van der Waals surface area contributed by atoms with Crippen LogP contribution in [0.25, 0.3) is 0 Å². The topological polar surface area (TPSA) is 69.2 Å². The number of hydrogen-bond donors (Lipinski definition) is 1. The van der Waals surface area contributed by atoms with Crippen LogP contribution in [0, 0.1) is 5.92 Å². The van der Waals surface area contributed by atoms with Crippen LogP contribution in [-0.4, -0.2) is 39.0 Å². The van der Waals surface area contributed by atoms with Gasteiger partial charge in [-0.15, -0.1) is 0 Å². The van der Waals surface area contributed by atoms with Gasteiger partial charge in [0.15, 0.2) is 18.1 Å². The average molecular weight is 334 g/mol. The van der Waals surface area contributed by atoms with E-state index in [9.17, 15) is 4.79 Å². The molecule has 1 aromatic rings. The van der Waals surface area contributed by atoms with Gasteiger partial charge >= 0.3 is 0 Å². The summed E-state index contributed by atoms with van der Waals surface area (Å²) < 4.78 is 10.4. The highest BCUT2D eigenvalue weighted by Gasteiger charge is 2.22. The van der Waals surface area contributed by atoms with Crippen molar-refractivity contribution in [1.29, 1.82) is 0 Å². The first-order chi connectivity index (χ1) is 11.6. The summed E-state index contributed by atoms with van der Waals surface area (Å²) >= 11 is 0. The SMILES string of the molecule is COc1ccc(/C=N\OCC(=O)N[C@@H]2CCCC[C@@H]2C)cc1OC. The second-order valence-corrected chi connectivity index (χ2v) is 6.06. The molecular weight excluding hydrogens is 308 g/mol. The Balaban J connectivity index is 1.78. The first kappa shape index (κ1) is 18.1. The summed E-state index contributed by atoms with van der Waals surface area (Å²) in [4.78, 5) is 17.0. The molecule has 0 spiro atoms. The summed E-state index contributed by atoms with van der Waals surface area (Å²) in [5.41, 5.74) is 0.800. The van der Waals surface area contributed by atoms with Crippen molar-refractivity contribution in [3.8, 4) is 11.5 Å². The van der Waals surface area contributed by atoms with Crippen molar-refractivity contribution in [2.24, 2.45) is 11.1 Å². The van der Waals surface area contributed by atoms with Gasteiger partial charge in [-0.3, -0.25) is 4.79 Å². The molecule has 2 rings (SSSR count). The number of nitrogens with zero attached hydrogens (tertiary/aromatic N) is 1. The fourth-order valence-electron chi connectivity index (χ4n) is 2.91. The number of carbonyl (C=O) groups excluding carboxylic acids is 1. The predicted molar refractivity (Wildman–Crippen MR) is 92.7 cm³/mol. The first-order valence-corrected chi connectivity index (χ1v) is 8.30. The third-order valence-electron chi connectivity index (χ3n) is 4.34. The summed E-state index contributed by atoms with van der Waals surface area (Å²) in [5, 5.41) is 6.87. The molecule has 0 saturated heterocycles. The van der Waals surface area contributed by atoms with Crippen LogP contribution in [0.2, 0.25) is 0 Å². The lowest BCUT2D eigenvalue weighted by Gasteiger charge is -2.29. The van der Waals surface area contributed by atoms with Crippen molar-refractivity contribution in [1.82, 2.24) is 5.32 Å². The Labute approximate surface area is 143 Å². The van der Waals surface area contributed by atoms with Gasteiger partial charge in [-0.25, -0.2) is 0 Å². The monoisotopic (exact) mass is 334 g/mol. The zero-order valence-electron chi connectivity index (χ0n) is 14.6. The van der Waals surface area contributed by atoms with Crippen LogP contribution in [0.4, 0.5) is 0 Å². The van der Waals surface area contributed by atoms with Gasteiger partial charge in [0.2, 0.25) is 0 Å². The molecule has 0 radical (unpaired) electrons. The Morgan fingerprint density at radius 3 is 2.71 bits per heavy atom. The molecule has 0 bridgehead atoms. The van der Waals surface area contributed by atoms with Crippen molar-refractivity contribution in [3.63, 3.8) is 0 Å². The predicted octanol–water partition coefficient (Wildman–Crippen LogP) is 2.75. The molecule has 1 fully saturated rings. The van der Waals surface area contributed by atoms with Crippen LogP contribution in [0.5, 0.6) is 11.5 Å². The minimum absolute atomic E-state index is 0.0764. The second kappa shape index (κ2) is 9.15. The third-order valence-corrected chi connectivity index (χ3v) is 4.34. The van der Waals surface area contributed by atoms with E-state index in [-0.39, 0.29) is 18.6 Å². The Morgan fingerprint density at radius 2 is 2.00 bits per heavy atom. The van der Waals surface area contributed by atoms with E-state index in [1.807, 2.05) is 6.07 Å². The van der Waals surface area contributed by atoms with Crippen LogP contribution >= 0.6 is 0 Å². The van der Waals surface area contributed by atoms with E-state index in [1.165, 1.54) is 19.3 Å². The lowest BCUT2D eigenvalue weighted by atomic mass is 9.86. The molecule has 2 atom stereocenters. The highest BCUT2D eigenvalue weighted by atomic mass is 16.6. The maximum Gasteiger partial charge on any atom is 0.261 e. The van der Waals surface area contributed by atoms with Crippen molar-refractivity contribution in [2.75, 3.05) is 20.8 Å². The number of carbonyl (C=O) groups is 1. The zero-order chi connectivity index (χ0) is 17.4. The molecule has 1 aromatic carbocycles. The molecule has 6 heteroatoms. The number of nitrogens with one attached hydrogen (secondary N) is 1. The Kier molecular flexibility index (Phi) is 6.90. The van der Waals surface area contributed by atoms with E-state index < -0.39 is 0 Å². The van der Waals surface area contributed by atoms with E-state index in [4.69, 9.17) is 14.3 Å². The van der Waals surface area contributed by atoms with Gasteiger partial charge in [0.1, 0.15) is 0 Å². The maximum absolute atomic E-state index is 11.9. The number of amides is 1. The number of rotatable bonds is 7. The molecule has 1 amide bonds. The van der Waals surface area contributed by atoms with Crippen LogP contribution in [0.1, 0.15) is 38.2 Å². The third kappa shape index (κ3) is 5.15. The number of hydrogen-bond acceptors (Lipinski definition) is 5. The van der Waals surface area contributed by atoms with Crippen molar-refractivity contribution < 1.29 is 19.1 Å². The summed E-state index contributed by atoms with van der Waals surface area (Å²) in [7, 11) is 3.16. The molecule has 24 heavy (non-hydrogen) atoms. The summed E-state index contributed by atoms with van der Waals surface area (Å²) in [6.45, 7) is 2.10. The molecule has 132 valence electrons. The molecule has 1 aliphatic rings. The van der Waals surface area contributed by atoms with E-state index in [0.717, 1.165) is 12.0 Å². The Bertz CT molecular complexity index is 574. The van der Waals surface area contributed by atoms with Gasteiger partial charge in [-0.05, 0) is 37.0 Å². The number of oxime groups is 1. The largest absolute Gasteiger partial charge is 0.493 e. The Hall–Kier alpha value is -2.24. The highest BCUT2D eigenvalue weighted by Crippen LogP contribution is 2.27. The standard InChI is InChI=1S/C18H26N2O4/c1-13-6-4-5-7-15(13)20-18(21)12-24-19-11-14-8-9-16(22-2)17(10-14)23-3/h8-11,13,15H,4-7,12H2,1-3H3,(H,20,21)/b19-11-/t13-,15+/m0/s1. The lowest BCUT2D eigenvalue weighted by molar-refractivity contribution is -0.126. The molecule has 6 nitrogen and oxygen atoms in total. The highest BCUT2D eigenvalue weighted by molar-refractivity contribution is 5.81. The molecule has 0 aromatic heterocycles. The quantitative estimate of drug-likeness (QED) is 0.615. The van der Waals surface area contributed by atoms with Crippen LogP contribution in [-0.2, 0) is 9.63 Å². The van der Waals surface area contributed by atoms with Crippen molar-refractivity contribution in [2.45, 2.75) is 38.6 Å². The van der Waals surface area contributed by atoms with Gasteiger partial charge < -0.3 is 19.6 Å². The molecule has 0 unspecified atom stereocenters. The van der Waals surface area contributed by atoms with Crippen molar-refractivity contribution in [3.05, 3.63) is 23.8 Å². The van der Waals surface area contributed by atoms with E-state index >= 15 is 0 Å². The summed E-state index contributed by atoms with van der Waals surface area (Å²) in [6, 6.07) is 5.66. The van der Waals surface area contributed by atoms with E-state index in [1.54, 1.807) is 32.6 Å². The van der Waals surface area contributed by atoms with Gasteiger partial charge in [-0.2, -0.15) is 0 Å².